The number of ether oxygens (including phenoxy) is 1. The molecule has 1 saturated heterocycles. The fraction of sp³-hybridized carbons (Fsp3) is 0.417. The molecule has 166 valence electrons. The number of morpholine rings is 1. The molecule has 3 N–H and O–H groups in total. The maximum atomic E-state index is 12.5. The number of quaternary nitrogens is 1. The second-order valence-electron chi connectivity index (χ2n) is 8.33. The lowest BCUT2D eigenvalue weighted by Crippen LogP contribution is -3.11. The Kier molecular flexibility index (Phi) is 7.65. The van der Waals surface area contributed by atoms with Gasteiger partial charge in [0.25, 0.3) is 11.8 Å². The molecule has 1 unspecified atom stereocenters. The summed E-state index contributed by atoms with van der Waals surface area (Å²) < 4.78 is 5.38. The van der Waals surface area contributed by atoms with Gasteiger partial charge in [0, 0.05) is 30.2 Å². The van der Waals surface area contributed by atoms with E-state index in [4.69, 9.17) is 4.74 Å². The minimum absolute atomic E-state index is 0.102. The van der Waals surface area contributed by atoms with E-state index >= 15 is 0 Å². The number of aryl methyl sites for hydroxylation is 3. The Morgan fingerprint density at radius 3 is 2.06 bits per heavy atom. The highest BCUT2D eigenvalue weighted by Crippen LogP contribution is 2.21. The number of anilines is 3. The van der Waals surface area contributed by atoms with E-state index in [0.29, 0.717) is 0 Å². The van der Waals surface area contributed by atoms with Crippen molar-refractivity contribution < 1.29 is 19.2 Å². The van der Waals surface area contributed by atoms with Gasteiger partial charge < -0.3 is 25.2 Å². The highest BCUT2D eigenvalue weighted by Gasteiger charge is 2.16. The van der Waals surface area contributed by atoms with Crippen molar-refractivity contribution in [2.75, 3.05) is 62.0 Å². The fourth-order valence-electron chi connectivity index (χ4n) is 3.95. The third-order valence-electron chi connectivity index (χ3n) is 5.39. The van der Waals surface area contributed by atoms with E-state index in [0.717, 1.165) is 59.4 Å². The summed E-state index contributed by atoms with van der Waals surface area (Å²) in [6.45, 7) is 9.69. The first-order valence-corrected chi connectivity index (χ1v) is 10.7. The molecule has 3 rings (SSSR count). The zero-order valence-corrected chi connectivity index (χ0v) is 18.9. The van der Waals surface area contributed by atoms with Crippen molar-refractivity contribution in [2.45, 2.75) is 20.8 Å². The van der Waals surface area contributed by atoms with Crippen molar-refractivity contribution in [3.63, 3.8) is 0 Å². The molecule has 2 amide bonds. The SMILES string of the molecule is Cc1cc(C)c(NC(=O)C[NH+](C)CC(=O)Nc2ccc(N3CCOCC3)cc2)c(C)c1. The highest BCUT2D eigenvalue weighted by atomic mass is 16.5. The van der Waals surface area contributed by atoms with Crippen molar-refractivity contribution in [2.24, 2.45) is 0 Å². The van der Waals surface area contributed by atoms with Crippen molar-refractivity contribution in [3.05, 3.63) is 53.1 Å². The normalized spacial score (nSPS) is 14.8. The second kappa shape index (κ2) is 10.4. The Balaban J connectivity index is 1.47. The fourth-order valence-corrected chi connectivity index (χ4v) is 3.95. The zero-order valence-electron chi connectivity index (χ0n) is 18.9. The number of carbonyl (C=O) groups excluding carboxylic acids is 2. The lowest BCUT2D eigenvalue weighted by Gasteiger charge is -2.28. The summed E-state index contributed by atoms with van der Waals surface area (Å²) in [5.41, 5.74) is 6.00. The van der Waals surface area contributed by atoms with Crippen LogP contribution in [-0.4, -0.2) is 58.3 Å². The van der Waals surface area contributed by atoms with Crippen molar-refractivity contribution in [1.29, 1.82) is 0 Å². The van der Waals surface area contributed by atoms with Crippen molar-refractivity contribution >= 4 is 28.9 Å². The van der Waals surface area contributed by atoms with Gasteiger partial charge in [-0.1, -0.05) is 17.7 Å². The van der Waals surface area contributed by atoms with Gasteiger partial charge in [0.1, 0.15) is 0 Å². The van der Waals surface area contributed by atoms with Crippen LogP contribution >= 0.6 is 0 Å². The smallest absolute Gasteiger partial charge is 0.279 e. The molecule has 7 heteroatoms. The maximum absolute atomic E-state index is 12.5. The summed E-state index contributed by atoms with van der Waals surface area (Å²) in [5.74, 6) is -0.220. The van der Waals surface area contributed by atoms with E-state index < -0.39 is 0 Å². The molecule has 0 spiro atoms. The standard InChI is InChI=1S/C24H32N4O3/c1-17-13-18(2)24(19(3)14-17)26-23(30)16-27(4)15-22(29)25-20-5-7-21(8-6-20)28-9-11-31-12-10-28/h5-8,13-14H,9-12,15-16H2,1-4H3,(H,25,29)(H,26,30)/p+1. The lowest BCUT2D eigenvalue weighted by molar-refractivity contribution is -0.862. The first-order valence-electron chi connectivity index (χ1n) is 10.7. The summed E-state index contributed by atoms with van der Waals surface area (Å²) in [6.07, 6.45) is 0. The molecule has 0 radical (unpaired) electrons. The van der Waals surface area contributed by atoms with Crippen LogP contribution in [0, 0.1) is 20.8 Å². The van der Waals surface area contributed by atoms with E-state index in [2.05, 4.69) is 27.7 Å². The van der Waals surface area contributed by atoms with Crippen LogP contribution < -0.4 is 20.4 Å². The number of carbonyl (C=O) groups is 2. The Bertz CT molecular complexity index is 898. The van der Waals surface area contributed by atoms with E-state index in [1.165, 1.54) is 5.56 Å². The number of hydrogen-bond acceptors (Lipinski definition) is 4. The van der Waals surface area contributed by atoms with Crippen LogP contribution in [0.15, 0.2) is 36.4 Å². The maximum Gasteiger partial charge on any atom is 0.279 e. The van der Waals surface area contributed by atoms with Crippen LogP contribution in [0.3, 0.4) is 0 Å². The van der Waals surface area contributed by atoms with E-state index in [1.807, 2.05) is 52.1 Å². The molecule has 7 nitrogen and oxygen atoms in total. The van der Waals surface area contributed by atoms with Gasteiger partial charge in [-0.15, -0.1) is 0 Å². The molecule has 2 aromatic rings. The number of rotatable bonds is 7. The van der Waals surface area contributed by atoms with Gasteiger partial charge in [0.2, 0.25) is 0 Å². The molecule has 0 bridgehead atoms. The van der Waals surface area contributed by atoms with Crippen molar-refractivity contribution in [3.8, 4) is 0 Å². The first kappa shape index (κ1) is 22.8. The number of hydrogen-bond donors (Lipinski definition) is 3. The molecule has 2 aromatic carbocycles. The average Bonchev–Trinajstić information content (AvgIpc) is 2.71. The molecule has 0 aromatic heterocycles. The molecule has 31 heavy (non-hydrogen) atoms. The largest absolute Gasteiger partial charge is 0.378 e. The highest BCUT2D eigenvalue weighted by molar-refractivity contribution is 5.94. The van der Waals surface area contributed by atoms with Crippen LogP contribution in [-0.2, 0) is 14.3 Å². The molecule has 1 aliphatic heterocycles. The van der Waals surface area contributed by atoms with Gasteiger partial charge in [0.05, 0.1) is 20.3 Å². The van der Waals surface area contributed by atoms with Gasteiger partial charge in [-0.25, -0.2) is 0 Å². The quantitative estimate of drug-likeness (QED) is 0.629. The van der Waals surface area contributed by atoms with Crippen molar-refractivity contribution in [1.82, 2.24) is 0 Å². The average molecular weight is 426 g/mol. The third-order valence-corrected chi connectivity index (χ3v) is 5.39. The Morgan fingerprint density at radius 1 is 0.935 bits per heavy atom. The van der Waals surface area contributed by atoms with E-state index in [1.54, 1.807) is 0 Å². The number of nitrogens with zero attached hydrogens (tertiary/aromatic N) is 1. The zero-order chi connectivity index (χ0) is 22.4. The van der Waals surface area contributed by atoms with E-state index in [9.17, 15) is 9.59 Å². The Hall–Kier alpha value is -2.90. The molecule has 0 saturated carbocycles. The second-order valence-corrected chi connectivity index (χ2v) is 8.33. The molecule has 0 aliphatic carbocycles. The summed E-state index contributed by atoms with van der Waals surface area (Å²) in [7, 11) is 1.84. The molecule has 1 aliphatic rings. The molecule has 1 heterocycles. The van der Waals surface area contributed by atoms with Crippen LogP contribution in [0.2, 0.25) is 0 Å². The predicted octanol–water partition coefficient (Wildman–Crippen LogP) is 1.54. The molecular weight excluding hydrogens is 392 g/mol. The summed E-state index contributed by atoms with van der Waals surface area (Å²) in [6, 6.07) is 11.9. The topological polar surface area (TPSA) is 75.1 Å². The number of likely N-dealkylation sites (N-methyl/N-ethyl adjacent to an activating group) is 1. The van der Waals surface area contributed by atoms with Crippen LogP contribution in [0.4, 0.5) is 17.1 Å². The summed E-state index contributed by atoms with van der Waals surface area (Å²) in [4.78, 5) is 28.0. The van der Waals surface area contributed by atoms with Gasteiger partial charge in [0.15, 0.2) is 13.1 Å². The minimum Gasteiger partial charge on any atom is -0.378 e. The Labute approximate surface area is 184 Å². The van der Waals surface area contributed by atoms with E-state index in [-0.39, 0.29) is 24.9 Å². The van der Waals surface area contributed by atoms with Crippen LogP contribution in [0.1, 0.15) is 16.7 Å². The number of nitrogens with one attached hydrogen (secondary N) is 3. The summed E-state index contributed by atoms with van der Waals surface area (Å²) in [5, 5.41) is 5.91. The van der Waals surface area contributed by atoms with Crippen LogP contribution in [0.5, 0.6) is 0 Å². The van der Waals surface area contributed by atoms with Gasteiger partial charge in [-0.3, -0.25) is 9.59 Å². The third kappa shape index (κ3) is 6.54. The molecular formula is C24H33N4O3+. The Morgan fingerprint density at radius 2 is 1.48 bits per heavy atom. The lowest BCUT2D eigenvalue weighted by atomic mass is 10.1. The number of benzene rings is 2. The predicted molar refractivity (Wildman–Crippen MR) is 124 cm³/mol. The summed E-state index contributed by atoms with van der Waals surface area (Å²) >= 11 is 0. The molecule has 1 atom stereocenters. The van der Waals surface area contributed by atoms with Gasteiger partial charge in [-0.2, -0.15) is 0 Å². The van der Waals surface area contributed by atoms with Gasteiger partial charge in [-0.05, 0) is 56.2 Å². The minimum atomic E-state index is -0.118. The number of amides is 2. The van der Waals surface area contributed by atoms with Crippen LogP contribution in [0.25, 0.3) is 0 Å². The van der Waals surface area contributed by atoms with Gasteiger partial charge >= 0.3 is 0 Å². The first-order chi connectivity index (χ1) is 14.8. The monoisotopic (exact) mass is 425 g/mol. The molecule has 1 fully saturated rings.